The number of hydrogen-bond acceptors (Lipinski definition) is 3. The van der Waals surface area contributed by atoms with E-state index in [1.165, 1.54) is 83.5 Å². The Morgan fingerprint density at radius 1 is 0.615 bits per heavy atom. The third-order valence-corrected chi connectivity index (χ3v) is 5.28. The van der Waals surface area contributed by atoms with Crippen LogP contribution in [0.15, 0.2) is 0 Å². The van der Waals surface area contributed by atoms with Crippen LogP contribution in [0.25, 0.3) is 0 Å². The number of aliphatic hydroxyl groups excluding tert-OH is 2. The average Bonchev–Trinajstić information content (AvgIpc) is 2.65. The summed E-state index contributed by atoms with van der Waals surface area (Å²) >= 11 is 0. The number of aliphatic hydroxyl groups is 2. The maximum absolute atomic E-state index is 9.94. The third-order valence-electron chi connectivity index (χ3n) is 5.28. The first-order valence-corrected chi connectivity index (χ1v) is 11.8. The minimum atomic E-state index is -0.190. The van der Waals surface area contributed by atoms with Crippen molar-refractivity contribution in [3.05, 3.63) is 0 Å². The molecule has 158 valence electrons. The molecule has 0 aromatic heterocycles. The van der Waals surface area contributed by atoms with Crippen LogP contribution in [0.4, 0.5) is 0 Å². The zero-order chi connectivity index (χ0) is 19.1. The summed E-state index contributed by atoms with van der Waals surface area (Å²) in [7, 11) is 0. The normalized spacial score (nSPS) is 12.6. The van der Waals surface area contributed by atoms with Gasteiger partial charge in [-0.15, -0.1) is 0 Å². The fourth-order valence-electron chi connectivity index (χ4n) is 3.48. The molecule has 3 nitrogen and oxygen atoms in total. The first-order valence-electron chi connectivity index (χ1n) is 11.8. The molecule has 0 aromatic carbocycles. The maximum atomic E-state index is 9.94. The Kier molecular flexibility index (Phi) is 22.8. The lowest BCUT2D eigenvalue weighted by Gasteiger charge is -2.11. The van der Waals surface area contributed by atoms with Crippen LogP contribution in [0.1, 0.15) is 122 Å². The summed E-state index contributed by atoms with van der Waals surface area (Å²) in [5.74, 6) is 0. The van der Waals surface area contributed by atoms with Crippen molar-refractivity contribution in [1.29, 1.82) is 0 Å². The maximum Gasteiger partial charge on any atom is 0.0664 e. The molecule has 3 heteroatoms. The topological polar surface area (TPSA) is 52.5 Å². The second-order valence-corrected chi connectivity index (χ2v) is 8.03. The van der Waals surface area contributed by atoms with E-state index >= 15 is 0 Å². The standard InChI is InChI=1S/C23H49NO2/c1-2-3-4-5-6-7-8-9-10-11-12-13-14-16-19-23(26)22-24-20-17-15-18-21-25/h23-26H,2-22H2,1H3. The summed E-state index contributed by atoms with van der Waals surface area (Å²) in [6, 6.07) is 0. The molecule has 1 atom stereocenters. The van der Waals surface area contributed by atoms with Gasteiger partial charge in [0.2, 0.25) is 0 Å². The van der Waals surface area contributed by atoms with E-state index in [0.717, 1.165) is 45.2 Å². The molecule has 0 saturated carbocycles. The SMILES string of the molecule is CCCCCCCCCCCCCCCCC(O)CNCCCCCO. The van der Waals surface area contributed by atoms with Crippen molar-refractivity contribution in [1.82, 2.24) is 5.32 Å². The van der Waals surface area contributed by atoms with Gasteiger partial charge in [-0.25, -0.2) is 0 Å². The predicted molar refractivity (Wildman–Crippen MR) is 115 cm³/mol. The zero-order valence-electron chi connectivity index (χ0n) is 17.8. The molecule has 0 fully saturated rings. The van der Waals surface area contributed by atoms with Crippen molar-refractivity contribution >= 4 is 0 Å². The van der Waals surface area contributed by atoms with Gasteiger partial charge in [-0.05, 0) is 32.2 Å². The van der Waals surface area contributed by atoms with Gasteiger partial charge in [-0.1, -0.05) is 96.8 Å². The highest BCUT2D eigenvalue weighted by Crippen LogP contribution is 2.13. The molecular formula is C23H49NO2. The molecule has 0 aliphatic carbocycles. The van der Waals surface area contributed by atoms with Gasteiger partial charge in [0.25, 0.3) is 0 Å². The molecule has 0 aromatic rings. The number of nitrogens with one attached hydrogen (secondary N) is 1. The minimum Gasteiger partial charge on any atom is -0.396 e. The lowest BCUT2D eigenvalue weighted by atomic mass is 10.0. The first kappa shape index (κ1) is 25.9. The molecule has 0 rings (SSSR count). The predicted octanol–water partition coefficient (Wildman–Crippen LogP) is 5.97. The Bertz CT molecular complexity index is 248. The van der Waals surface area contributed by atoms with Gasteiger partial charge >= 0.3 is 0 Å². The highest BCUT2D eigenvalue weighted by molar-refractivity contribution is 4.60. The zero-order valence-corrected chi connectivity index (χ0v) is 17.8. The molecule has 1 unspecified atom stereocenters. The second kappa shape index (κ2) is 22.9. The molecule has 0 saturated heterocycles. The van der Waals surface area contributed by atoms with E-state index in [0.29, 0.717) is 6.61 Å². The van der Waals surface area contributed by atoms with Crippen LogP contribution in [0, 0.1) is 0 Å². The molecule has 0 radical (unpaired) electrons. The Balaban J connectivity index is 3.09. The van der Waals surface area contributed by atoms with Gasteiger partial charge in [-0.2, -0.15) is 0 Å². The van der Waals surface area contributed by atoms with Crippen molar-refractivity contribution in [2.45, 2.75) is 129 Å². The molecule has 3 N–H and O–H groups in total. The fraction of sp³-hybridized carbons (Fsp3) is 1.00. The van der Waals surface area contributed by atoms with E-state index < -0.39 is 0 Å². The van der Waals surface area contributed by atoms with Gasteiger partial charge in [0.05, 0.1) is 6.10 Å². The number of unbranched alkanes of at least 4 members (excludes halogenated alkanes) is 15. The lowest BCUT2D eigenvalue weighted by molar-refractivity contribution is 0.157. The van der Waals surface area contributed by atoms with Crippen molar-refractivity contribution in [2.75, 3.05) is 19.7 Å². The van der Waals surface area contributed by atoms with Gasteiger partial charge in [-0.3, -0.25) is 0 Å². The average molecular weight is 372 g/mol. The monoisotopic (exact) mass is 371 g/mol. The van der Waals surface area contributed by atoms with Crippen molar-refractivity contribution in [2.24, 2.45) is 0 Å². The Labute approximate surface area is 164 Å². The molecule has 0 spiro atoms. The summed E-state index contributed by atoms with van der Waals surface area (Å²) in [6.07, 6.45) is 23.1. The number of rotatable bonds is 22. The lowest BCUT2D eigenvalue weighted by Crippen LogP contribution is -2.27. The summed E-state index contributed by atoms with van der Waals surface area (Å²) in [4.78, 5) is 0. The number of hydrogen-bond donors (Lipinski definition) is 3. The fourth-order valence-corrected chi connectivity index (χ4v) is 3.48. The summed E-state index contributed by atoms with van der Waals surface area (Å²) in [5.41, 5.74) is 0. The van der Waals surface area contributed by atoms with Crippen LogP contribution in [0.2, 0.25) is 0 Å². The molecule has 0 heterocycles. The summed E-state index contributed by atoms with van der Waals surface area (Å²) in [6.45, 7) is 4.25. The molecular weight excluding hydrogens is 322 g/mol. The highest BCUT2D eigenvalue weighted by atomic mass is 16.3. The van der Waals surface area contributed by atoms with Gasteiger partial charge in [0, 0.05) is 13.2 Å². The molecule has 26 heavy (non-hydrogen) atoms. The van der Waals surface area contributed by atoms with Crippen LogP contribution in [-0.4, -0.2) is 36.0 Å². The Morgan fingerprint density at radius 3 is 1.58 bits per heavy atom. The summed E-state index contributed by atoms with van der Waals surface area (Å²) < 4.78 is 0. The quantitative estimate of drug-likeness (QED) is 0.205. The molecule has 0 aliphatic rings. The van der Waals surface area contributed by atoms with Crippen LogP contribution in [0.3, 0.4) is 0 Å². The minimum absolute atomic E-state index is 0.190. The Hall–Kier alpha value is -0.120. The van der Waals surface area contributed by atoms with E-state index in [-0.39, 0.29) is 6.10 Å². The van der Waals surface area contributed by atoms with E-state index in [1.807, 2.05) is 0 Å². The van der Waals surface area contributed by atoms with Crippen LogP contribution in [-0.2, 0) is 0 Å². The molecule has 0 amide bonds. The summed E-state index contributed by atoms with van der Waals surface area (Å²) in [5, 5.41) is 22.0. The van der Waals surface area contributed by atoms with Crippen LogP contribution < -0.4 is 5.32 Å². The van der Waals surface area contributed by atoms with Gasteiger partial charge in [0.1, 0.15) is 0 Å². The van der Waals surface area contributed by atoms with Crippen molar-refractivity contribution in [3.8, 4) is 0 Å². The largest absolute Gasteiger partial charge is 0.396 e. The smallest absolute Gasteiger partial charge is 0.0664 e. The van der Waals surface area contributed by atoms with Crippen LogP contribution in [0.5, 0.6) is 0 Å². The molecule has 0 aliphatic heterocycles. The van der Waals surface area contributed by atoms with Crippen LogP contribution >= 0.6 is 0 Å². The highest BCUT2D eigenvalue weighted by Gasteiger charge is 2.03. The van der Waals surface area contributed by atoms with E-state index in [4.69, 9.17) is 5.11 Å². The van der Waals surface area contributed by atoms with E-state index in [1.54, 1.807) is 0 Å². The van der Waals surface area contributed by atoms with E-state index in [9.17, 15) is 5.11 Å². The van der Waals surface area contributed by atoms with Crippen molar-refractivity contribution < 1.29 is 10.2 Å². The van der Waals surface area contributed by atoms with Crippen molar-refractivity contribution in [3.63, 3.8) is 0 Å². The first-order chi connectivity index (χ1) is 12.8. The molecule has 0 bridgehead atoms. The van der Waals surface area contributed by atoms with Gasteiger partial charge < -0.3 is 15.5 Å². The Morgan fingerprint density at radius 2 is 1.08 bits per heavy atom. The van der Waals surface area contributed by atoms with E-state index in [2.05, 4.69) is 12.2 Å². The van der Waals surface area contributed by atoms with Gasteiger partial charge in [0.15, 0.2) is 0 Å². The second-order valence-electron chi connectivity index (χ2n) is 8.03. The third kappa shape index (κ3) is 21.9.